The third-order valence-corrected chi connectivity index (χ3v) is 2.79. The van der Waals surface area contributed by atoms with Gasteiger partial charge in [-0.3, -0.25) is 4.68 Å². The summed E-state index contributed by atoms with van der Waals surface area (Å²) in [6.45, 7) is 13.1. The molecule has 1 aromatic rings. The second-order valence-electron chi connectivity index (χ2n) is 4.76. The van der Waals surface area contributed by atoms with E-state index in [0.717, 1.165) is 18.8 Å². The Labute approximate surface area is 105 Å². The highest BCUT2D eigenvalue weighted by Gasteiger charge is 2.10. The van der Waals surface area contributed by atoms with Crippen LogP contribution in [0.1, 0.15) is 37.7 Å². The van der Waals surface area contributed by atoms with Crippen LogP contribution in [0.5, 0.6) is 0 Å². The summed E-state index contributed by atoms with van der Waals surface area (Å²) in [5.74, 6) is 6.63. The van der Waals surface area contributed by atoms with Crippen LogP contribution in [0.25, 0.3) is 0 Å². The van der Waals surface area contributed by atoms with Crippen molar-refractivity contribution in [3.63, 3.8) is 0 Å². The lowest BCUT2D eigenvalue weighted by molar-refractivity contribution is 0.550. The molecule has 0 saturated carbocycles. The summed E-state index contributed by atoms with van der Waals surface area (Å²) < 4.78 is 1.98. The maximum atomic E-state index is 4.52. The van der Waals surface area contributed by atoms with Gasteiger partial charge in [0.2, 0.25) is 0 Å². The third-order valence-electron chi connectivity index (χ3n) is 2.79. The summed E-state index contributed by atoms with van der Waals surface area (Å²) in [5, 5.41) is 7.98. The van der Waals surface area contributed by atoms with E-state index < -0.39 is 0 Å². The van der Waals surface area contributed by atoms with Gasteiger partial charge in [0.1, 0.15) is 6.54 Å². The molecule has 94 valence electrons. The van der Waals surface area contributed by atoms with Crippen molar-refractivity contribution in [3.8, 4) is 11.8 Å². The molecular weight excluding hydrogens is 210 g/mol. The van der Waals surface area contributed by atoms with Crippen molar-refractivity contribution in [1.82, 2.24) is 15.1 Å². The molecule has 0 aliphatic carbocycles. The van der Waals surface area contributed by atoms with Crippen molar-refractivity contribution in [2.45, 2.75) is 47.7 Å². The van der Waals surface area contributed by atoms with E-state index in [0.29, 0.717) is 12.5 Å². The van der Waals surface area contributed by atoms with Gasteiger partial charge in [0.15, 0.2) is 0 Å². The van der Waals surface area contributed by atoms with Crippen molar-refractivity contribution in [2.24, 2.45) is 5.92 Å². The Hall–Kier alpha value is -1.27. The van der Waals surface area contributed by atoms with Crippen molar-refractivity contribution in [2.75, 3.05) is 6.54 Å². The Morgan fingerprint density at radius 2 is 2.06 bits per heavy atom. The fraction of sp³-hybridized carbons (Fsp3) is 0.643. The number of rotatable bonds is 5. The number of nitrogens with one attached hydrogen (secondary N) is 1. The van der Waals surface area contributed by atoms with Gasteiger partial charge >= 0.3 is 0 Å². The smallest absolute Gasteiger partial charge is 0.102 e. The van der Waals surface area contributed by atoms with Gasteiger partial charge in [-0.05, 0) is 33.2 Å². The lowest BCUT2D eigenvalue weighted by Gasteiger charge is -2.07. The highest BCUT2D eigenvalue weighted by atomic mass is 15.3. The van der Waals surface area contributed by atoms with E-state index in [9.17, 15) is 0 Å². The van der Waals surface area contributed by atoms with Gasteiger partial charge in [-0.25, -0.2) is 0 Å². The molecule has 0 spiro atoms. The zero-order chi connectivity index (χ0) is 12.8. The van der Waals surface area contributed by atoms with E-state index in [1.54, 1.807) is 0 Å². The van der Waals surface area contributed by atoms with Crippen molar-refractivity contribution in [3.05, 3.63) is 17.0 Å². The number of aromatic nitrogens is 2. The Kier molecular flexibility index (Phi) is 5.24. The van der Waals surface area contributed by atoms with Gasteiger partial charge in [-0.1, -0.05) is 19.8 Å². The van der Waals surface area contributed by atoms with Crippen LogP contribution < -0.4 is 5.32 Å². The first kappa shape index (κ1) is 13.8. The monoisotopic (exact) mass is 233 g/mol. The molecule has 0 aliphatic rings. The predicted molar refractivity (Wildman–Crippen MR) is 71.7 cm³/mol. The van der Waals surface area contributed by atoms with Gasteiger partial charge in [0.25, 0.3) is 0 Å². The molecule has 0 amide bonds. The van der Waals surface area contributed by atoms with Crippen LogP contribution in [0, 0.1) is 31.6 Å². The van der Waals surface area contributed by atoms with Crippen LogP contribution >= 0.6 is 0 Å². The largest absolute Gasteiger partial charge is 0.312 e. The fourth-order valence-electron chi connectivity index (χ4n) is 1.78. The molecule has 3 nitrogen and oxygen atoms in total. The summed E-state index contributed by atoms with van der Waals surface area (Å²) in [6, 6.07) is 0. The molecule has 0 bridgehead atoms. The molecule has 0 unspecified atom stereocenters. The molecule has 0 radical (unpaired) electrons. The first-order chi connectivity index (χ1) is 8.06. The molecule has 1 N–H and O–H groups in total. The van der Waals surface area contributed by atoms with E-state index in [1.165, 1.54) is 11.3 Å². The predicted octanol–water partition coefficient (Wildman–Crippen LogP) is 2.27. The molecule has 1 heterocycles. The number of aryl methyl sites for hydroxylation is 1. The van der Waals surface area contributed by atoms with Gasteiger partial charge in [-0.2, -0.15) is 5.10 Å². The second-order valence-corrected chi connectivity index (χ2v) is 4.76. The highest BCUT2D eigenvalue weighted by Crippen LogP contribution is 2.12. The molecular formula is C14H23N3. The average Bonchev–Trinajstić information content (AvgIpc) is 2.53. The second kappa shape index (κ2) is 6.46. The Morgan fingerprint density at radius 1 is 1.35 bits per heavy atom. The van der Waals surface area contributed by atoms with E-state index in [-0.39, 0.29) is 0 Å². The van der Waals surface area contributed by atoms with Crippen LogP contribution in [-0.2, 0) is 13.1 Å². The molecule has 0 aromatic carbocycles. The first-order valence-electron chi connectivity index (χ1n) is 6.19. The molecule has 0 atom stereocenters. The minimum absolute atomic E-state index is 0.677. The van der Waals surface area contributed by atoms with Gasteiger partial charge in [0, 0.05) is 17.8 Å². The minimum Gasteiger partial charge on any atom is -0.312 e. The zero-order valence-electron chi connectivity index (χ0n) is 11.6. The molecule has 1 aromatic heterocycles. The maximum Gasteiger partial charge on any atom is 0.102 e. The molecule has 1 rings (SSSR count). The van der Waals surface area contributed by atoms with E-state index in [4.69, 9.17) is 0 Å². The number of hydrogen-bond acceptors (Lipinski definition) is 2. The summed E-state index contributed by atoms with van der Waals surface area (Å²) in [7, 11) is 0. The molecule has 17 heavy (non-hydrogen) atoms. The maximum absolute atomic E-state index is 4.52. The van der Waals surface area contributed by atoms with Crippen LogP contribution in [-0.4, -0.2) is 16.3 Å². The number of nitrogens with zero attached hydrogens (tertiary/aromatic N) is 2. The summed E-state index contributed by atoms with van der Waals surface area (Å²) in [6.07, 6.45) is 0. The Balaban J connectivity index is 2.70. The van der Waals surface area contributed by atoms with Crippen molar-refractivity contribution < 1.29 is 0 Å². The molecule has 0 fully saturated rings. The van der Waals surface area contributed by atoms with E-state index >= 15 is 0 Å². The first-order valence-corrected chi connectivity index (χ1v) is 6.19. The van der Waals surface area contributed by atoms with Crippen molar-refractivity contribution in [1.29, 1.82) is 0 Å². The molecule has 0 aliphatic heterocycles. The van der Waals surface area contributed by atoms with E-state index in [2.05, 4.69) is 50.0 Å². The summed E-state index contributed by atoms with van der Waals surface area (Å²) in [5.41, 5.74) is 3.64. The Bertz CT molecular complexity index is 419. The lowest BCUT2D eigenvalue weighted by atomic mass is 10.2. The molecule has 3 heteroatoms. The minimum atomic E-state index is 0.677. The van der Waals surface area contributed by atoms with Crippen LogP contribution in [0.4, 0.5) is 0 Å². The van der Waals surface area contributed by atoms with E-state index in [1.807, 2.05) is 11.6 Å². The van der Waals surface area contributed by atoms with Gasteiger partial charge in [-0.15, -0.1) is 5.92 Å². The number of hydrogen-bond donors (Lipinski definition) is 1. The van der Waals surface area contributed by atoms with Gasteiger partial charge < -0.3 is 5.32 Å². The Morgan fingerprint density at radius 3 is 2.65 bits per heavy atom. The SMILES string of the molecule is CC#CCn1nc(C)c(CNCC(C)C)c1C. The summed E-state index contributed by atoms with van der Waals surface area (Å²) in [4.78, 5) is 0. The zero-order valence-corrected chi connectivity index (χ0v) is 11.6. The average molecular weight is 233 g/mol. The van der Waals surface area contributed by atoms with Crippen molar-refractivity contribution >= 4 is 0 Å². The van der Waals surface area contributed by atoms with Crippen LogP contribution in [0.3, 0.4) is 0 Å². The lowest BCUT2D eigenvalue weighted by Crippen LogP contribution is -2.19. The third kappa shape index (κ3) is 3.90. The normalized spacial score (nSPS) is 10.5. The molecule has 0 saturated heterocycles. The van der Waals surface area contributed by atoms with Gasteiger partial charge in [0.05, 0.1) is 5.69 Å². The highest BCUT2D eigenvalue weighted by molar-refractivity contribution is 5.24. The topological polar surface area (TPSA) is 29.9 Å². The fourth-order valence-corrected chi connectivity index (χ4v) is 1.78. The van der Waals surface area contributed by atoms with Crippen LogP contribution in [0.2, 0.25) is 0 Å². The summed E-state index contributed by atoms with van der Waals surface area (Å²) >= 11 is 0. The van der Waals surface area contributed by atoms with Crippen LogP contribution in [0.15, 0.2) is 0 Å². The standard InChI is InChI=1S/C14H23N3/c1-6-7-8-17-13(5)14(12(4)16-17)10-15-9-11(2)3/h11,15H,8-10H2,1-5H3. The quantitative estimate of drug-likeness (QED) is 0.791.